The second kappa shape index (κ2) is 5.41. The van der Waals surface area contributed by atoms with Crippen molar-refractivity contribution in [2.24, 2.45) is 0 Å². The first-order valence-electron chi connectivity index (χ1n) is 4.70. The van der Waals surface area contributed by atoms with Crippen molar-refractivity contribution in [3.63, 3.8) is 0 Å². The third-order valence-corrected chi connectivity index (χ3v) is 1.92. The van der Waals surface area contributed by atoms with Crippen LogP contribution in [0.2, 0.25) is 0 Å². The highest BCUT2D eigenvalue weighted by Gasteiger charge is 1.97. The smallest absolute Gasteiger partial charge is 0.122 e. The molecule has 1 rings (SSSR count). The maximum Gasteiger partial charge on any atom is 0.122 e. The zero-order chi connectivity index (χ0) is 9.52. The molecule has 0 N–H and O–H groups in total. The summed E-state index contributed by atoms with van der Waals surface area (Å²) >= 11 is 0. The second-order valence-electron chi connectivity index (χ2n) is 2.84. The Kier molecular flexibility index (Phi) is 4.10. The lowest BCUT2D eigenvalue weighted by atomic mass is 10.1. The summed E-state index contributed by atoms with van der Waals surface area (Å²) in [5.41, 5.74) is 1.27. The number of para-hydroxylation sites is 1. The van der Waals surface area contributed by atoms with Crippen molar-refractivity contribution in [3.05, 3.63) is 42.0 Å². The van der Waals surface area contributed by atoms with E-state index in [1.54, 1.807) is 0 Å². The molecule has 0 radical (unpaired) electrons. The third kappa shape index (κ3) is 2.94. The average molecular weight is 176 g/mol. The summed E-state index contributed by atoms with van der Waals surface area (Å²) in [5.74, 6) is 1.00. The van der Waals surface area contributed by atoms with Gasteiger partial charge in [0.1, 0.15) is 12.4 Å². The molecule has 0 heterocycles. The van der Waals surface area contributed by atoms with Crippen molar-refractivity contribution in [2.75, 3.05) is 6.61 Å². The molecule has 0 fully saturated rings. The van der Waals surface area contributed by atoms with Gasteiger partial charge in [0.2, 0.25) is 0 Å². The molecule has 0 spiro atoms. The van der Waals surface area contributed by atoms with Crippen molar-refractivity contribution in [2.45, 2.75) is 20.3 Å². The van der Waals surface area contributed by atoms with Crippen LogP contribution in [0.25, 0.3) is 0 Å². The highest BCUT2D eigenvalue weighted by atomic mass is 16.5. The lowest BCUT2D eigenvalue weighted by Gasteiger charge is -2.07. The van der Waals surface area contributed by atoms with E-state index in [4.69, 9.17) is 4.74 Å². The normalized spacial score (nSPS) is 10.6. The van der Waals surface area contributed by atoms with Crippen LogP contribution in [0.4, 0.5) is 0 Å². The molecule has 1 aromatic rings. The van der Waals surface area contributed by atoms with E-state index in [-0.39, 0.29) is 0 Å². The number of ether oxygens (including phenoxy) is 1. The molecule has 1 nitrogen and oxygen atoms in total. The number of hydrogen-bond donors (Lipinski definition) is 0. The Morgan fingerprint density at radius 3 is 2.77 bits per heavy atom. The van der Waals surface area contributed by atoms with Crippen molar-refractivity contribution < 1.29 is 4.74 Å². The maximum absolute atomic E-state index is 5.58. The largest absolute Gasteiger partial charge is 0.489 e. The molecule has 0 aliphatic heterocycles. The Labute approximate surface area is 80.0 Å². The van der Waals surface area contributed by atoms with E-state index in [1.165, 1.54) is 5.56 Å². The summed E-state index contributed by atoms with van der Waals surface area (Å²) in [7, 11) is 0. The van der Waals surface area contributed by atoms with E-state index >= 15 is 0 Å². The van der Waals surface area contributed by atoms with E-state index in [1.807, 2.05) is 37.3 Å². The van der Waals surface area contributed by atoms with Crippen molar-refractivity contribution >= 4 is 0 Å². The highest BCUT2D eigenvalue weighted by molar-refractivity contribution is 5.33. The van der Waals surface area contributed by atoms with Gasteiger partial charge in [-0.05, 0) is 25.0 Å². The summed E-state index contributed by atoms with van der Waals surface area (Å²) in [4.78, 5) is 0. The van der Waals surface area contributed by atoms with Crippen LogP contribution in [0.5, 0.6) is 5.75 Å². The number of aryl methyl sites for hydroxylation is 1. The fourth-order valence-electron chi connectivity index (χ4n) is 1.17. The summed E-state index contributed by atoms with van der Waals surface area (Å²) in [6.45, 7) is 4.79. The fourth-order valence-corrected chi connectivity index (χ4v) is 1.17. The summed E-state index contributed by atoms with van der Waals surface area (Å²) in [5, 5.41) is 0. The van der Waals surface area contributed by atoms with E-state index < -0.39 is 0 Å². The molecule has 0 aromatic heterocycles. The topological polar surface area (TPSA) is 9.23 Å². The number of allylic oxidation sites excluding steroid dienone is 1. The van der Waals surface area contributed by atoms with Gasteiger partial charge in [-0.15, -0.1) is 0 Å². The van der Waals surface area contributed by atoms with Crippen molar-refractivity contribution in [1.29, 1.82) is 0 Å². The quantitative estimate of drug-likeness (QED) is 0.640. The van der Waals surface area contributed by atoms with Gasteiger partial charge in [0, 0.05) is 0 Å². The highest BCUT2D eigenvalue weighted by Crippen LogP contribution is 2.17. The van der Waals surface area contributed by atoms with Crippen LogP contribution < -0.4 is 4.74 Å². The molecule has 0 aliphatic carbocycles. The Morgan fingerprint density at radius 1 is 1.31 bits per heavy atom. The van der Waals surface area contributed by atoms with Crippen LogP contribution in [0.1, 0.15) is 19.4 Å². The molecule has 0 amide bonds. The Bertz CT molecular complexity index is 276. The molecule has 0 unspecified atom stereocenters. The molecule has 70 valence electrons. The first-order chi connectivity index (χ1) is 6.38. The maximum atomic E-state index is 5.58. The summed E-state index contributed by atoms with van der Waals surface area (Å²) in [6, 6.07) is 8.17. The Hall–Kier alpha value is -1.24. The summed E-state index contributed by atoms with van der Waals surface area (Å²) in [6.07, 6.45) is 5.02. The minimum atomic E-state index is 0.660. The van der Waals surface area contributed by atoms with Crippen LogP contribution in [0, 0.1) is 0 Å². The molecule has 0 saturated carbocycles. The van der Waals surface area contributed by atoms with E-state index in [0.29, 0.717) is 6.61 Å². The van der Waals surface area contributed by atoms with Gasteiger partial charge in [0.25, 0.3) is 0 Å². The van der Waals surface area contributed by atoms with Crippen LogP contribution in [-0.4, -0.2) is 6.61 Å². The van der Waals surface area contributed by atoms with Crippen LogP contribution in [-0.2, 0) is 6.42 Å². The minimum Gasteiger partial charge on any atom is -0.489 e. The number of benzene rings is 1. The Morgan fingerprint density at radius 2 is 2.08 bits per heavy atom. The Balaban J connectivity index is 2.64. The fraction of sp³-hybridized carbons (Fsp3) is 0.333. The van der Waals surface area contributed by atoms with Gasteiger partial charge in [-0.2, -0.15) is 0 Å². The van der Waals surface area contributed by atoms with Crippen LogP contribution >= 0.6 is 0 Å². The standard InChI is InChI=1S/C12H16O/c1-3-5-10-13-12-9-7-6-8-11(12)4-2/h3,5-9H,4,10H2,1-2H3/b5-3+. The molecular weight excluding hydrogens is 160 g/mol. The molecular formula is C12H16O. The zero-order valence-electron chi connectivity index (χ0n) is 8.29. The van der Waals surface area contributed by atoms with Gasteiger partial charge >= 0.3 is 0 Å². The molecule has 0 saturated heterocycles. The molecule has 13 heavy (non-hydrogen) atoms. The first kappa shape index (κ1) is 9.85. The van der Waals surface area contributed by atoms with E-state index in [9.17, 15) is 0 Å². The molecule has 0 aliphatic rings. The first-order valence-corrected chi connectivity index (χ1v) is 4.70. The predicted octanol–water partition coefficient (Wildman–Crippen LogP) is 3.20. The van der Waals surface area contributed by atoms with Gasteiger partial charge in [0.15, 0.2) is 0 Å². The molecule has 1 aromatic carbocycles. The number of hydrogen-bond acceptors (Lipinski definition) is 1. The van der Waals surface area contributed by atoms with Crippen molar-refractivity contribution in [1.82, 2.24) is 0 Å². The predicted molar refractivity (Wildman–Crippen MR) is 56.1 cm³/mol. The monoisotopic (exact) mass is 176 g/mol. The molecule has 0 bridgehead atoms. The second-order valence-corrected chi connectivity index (χ2v) is 2.84. The lowest BCUT2D eigenvalue weighted by Crippen LogP contribution is -1.96. The minimum absolute atomic E-state index is 0.660. The lowest BCUT2D eigenvalue weighted by molar-refractivity contribution is 0.359. The molecule has 0 atom stereocenters. The van der Waals surface area contributed by atoms with E-state index in [0.717, 1.165) is 12.2 Å². The number of rotatable bonds is 4. The van der Waals surface area contributed by atoms with Gasteiger partial charge in [-0.25, -0.2) is 0 Å². The molecule has 1 heteroatoms. The zero-order valence-corrected chi connectivity index (χ0v) is 8.29. The van der Waals surface area contributed by atoms with Gasteiger partial charge in [0.05, 0.1) is 0 Å². The van der Waals surface area contributed by atoms with Crippen LogP contribution in [0.3, 0.4) is 0 Å². The van der Waals surface area contributed by atoms with E-state index in [2.05, 4.69) is 13.0 Å². The van der Waals surface area contributed by atoms with Crippen molar-refractivity contribution in [3.8, 4) is 5.75 Å². The van der Waals surface area contributed by atoms with Crippen LogP contribution in [0.15, 0.2) is 36.4 Å². The van der Waals surface area contributed by atoms with Gasteiger partial charge in [-0.3, -0.25) is 0 Å². The van der Waals surface area contributed by atoms with Gasteiger partial charge < -0.3 is 4.74 Å². The SMILES string of the molecule is C/C=C/COc1ccccc1CC. The summed E-state index contributed by atoms with van der Waals surface area (Å²) < 4.78 is 5.58. The van der Waals surface area contributed by atoms with Gasteiger partial charge in [-0.1, -0.05) is 37.3 Å². The average Bonchev–Trinajstić information content (AvgIpc) is 2.19. The third-order valence-electron chi connectivity index (χ3n) is 1.92.